The summed E-state index contributed by atoms with van der Waals surface area (Å²) >= 11 is 7.72. The molecule has 0 atom stereocenters. The fourth-order valence-electron chi connectivity index (χ4n) is 2.24. The molecule has 0 unspecified atom stereocenters. The van der Waals surface area contributed by atoms with E-state index < -0.39 is 0 Å². The molecule has 1 N–H and O–H groups in total. The SMILES string of the molecule is CN=C(NCc1cc(Cl)ccc1OC)N(C)Cc1csc(C)n1.I. The second-order valence-electron chi connectivity index (χ2n) is 5.07. The molecule has 1 aromatic heterocycles. The van der Waals surface area contributed by atoms with Crippen LogP contribution in [-0.2, 0) is 13.1 Å². The predicted molar refractivity (Wildman–Crippen MR) is 112 cm³/mol. The summed E-state index contributed by atoms with van der Waals surface area (Å²) in [7, 11) is 5.40. The maximum Gasteiger partial charge on any atom is 0.194 e. The van der Waals surface area contributed by atoms with Crippen molar-refractivity contribution in [2.45, 2.75) is 20.0 Å². The third-order valence-electron chi connectivity index (χ3n) is 3.32. The second kappa shape index (κ2) is 10.0. The van der Waals surface area contributed by atoms with Crippen molar-refractivity contribution < 1.29 is 4.74 Å². The van der Waals surface area contributed by atoms with Crippen LogP contribution in [0.5, 0.6) is 5.75 Å². The molecule has 0 fully saturated rings. The first-order valence-corrected chi connectivity index (χ1v) is 8.44. The van der Waals surface area contributed by atoms with Crippen LogP contribution in [-0.4, -0.2) is 37.0 Å². The standard InChI is InChI=1S/C16H21ClN4OS.HI/c1-11-20-14(10-23-11)9-21(3)16(18-2)19-8-12-7-13(17)5-6-15(12)22-4;/h5-7,10H,8-9H2,1-4H3,(H,18,19);1H. The molecule has 0 aliphatic carbocycles. The number of thiazole rings is 1. The maximum atomic E-state index is 6.06. The summed E-state index contributed by atoms with van der Waals surface area (Å²) in [4.78, 5) is 10.8. The molecule has 0 saturated heterocycles. The highest BCUT2D eigenvalue weighted by Gasteiger charge is 2.10. The lowest BCUT2D eigenvalue weighted by atomic mass is 10.2. The van der Waals surface area contributed by atoms with Gasteiger partial charge in [-0.3, -0.25) is 4.99 Å². The number of rotatable bonds is 5. The minimum absolute atomic E-state index is 0. The number of ether oxygens (including phenoxy) is 1. The normalized spacial score (nSPS) is 11.0. The van der Waals surface area contributed by atoms with Crippen LogP contribution in [0, 0.1) is 6.92 Å². The van der Waals surface area contributed by atoms with Gasteiger partial charge in [-0.1, -0.05) is 11.6 Å². The van der Waals surface area contributed by atoms with Crippen LogP contribution < -0.4 is 10.1 Å². The van der Waals surface area contributed by atoms with Crippen molar-refractivity contribution in [3.05, 3.63) is 44.9 Å². The molecule has 0 radical (unpaired) electrons. The van der Waals surface area contributed by atoms with Gasteiger partial charge in [0.05, 0.1) is 24.4 Å². The Hall–Kier alpha value is -1.06. The molecule has 0 bridgehead atoms. The Kier molecular flexibility index (Phi) is 8.79. The molecule has 1 heterocycles. The van der Waals surface area contributed by atoms with Gasteiger partial charge in [0.2, 0.25) is 0 Å². The van der Waals surface area contributed by atoms with E-state index in [-0.39, 0.29) is 24.0 Å². The first-order valence-electron chi connectivity index (χ1n) is 7.18. The number of methoxy groups -OCH3 is 1. The van der Waals surface area contributed by atoms with E-state index in [4.69, 9.17) is 16.3 Å². The zero-order valence-corrected chi connectivity index (χ0v) is 18.1. The van der Waals surface area contributed by atoms with Gasteiger partial charge < -0.3 is 15.0 Å². The van der Waals surface area contributed by atoms with Crippen molar-refractivity contribution in [3.63, 3.8) is 0 Å². The summed E-state index contributed by atoms with van der Waals surface area (Å²) in [6.07, 6.45) is 0. The van der Waals surface area contributed by atoms with Crippen LogP contribution in [0.4, 0.5) is 0 Å². The predicted octanol–water partition coefficient (Wildman–Crippen LogP) is 3.94. The molecule has 1 aromatic carbocycles. The summed E-state index contributed by atoms with van der Waals surface area (Å²) in [5, 5.41) is 7.15. The van der Waals surface area contributed by atoms with E-state index in [1.807, 2.05) is 37.1 Å². The van der Waals surface area contributed by atoms with Gasteiger partial charge in [-0.15, -0.1) is 35.3 Å². The molecule has 0 amide bonds. The zero-order valence-electron chi connectivity index (χ0n) is 14.2. The third-order valence-corrected chi connectivity index (χ3v) is 4.38. The van der Waals surface area contributed by atoms with Gasteiger partial charge in [-0.05, 0) is 25.1 Å². The Morgan fingerprint density at radius 2 is 2.21 bits per heavy atom. The van der Waals surface area contributed by atoms with Crippen LogP contribution in [0.25, 0.3) is 0 Å². The number of benzene rings is 1. The number of aliphatic imine (C=N–C) groups is 1. The number of nitrogens with one attached hydrogen (secondary N) is 1. The summed E-state index contributed by atoms with van der Waals surface area (Å²) in [5.74, 6) is 1.59. The van der Waals surface area contributed by atoms with Crippen LogP contribution in [0.15, 0.2) is 28.6 Å². The van der Waals surface area contributed by atoms with Crippen LogP contribution in [0.2, 0.25) is 5.02 Å². The van der Waals surface area contributed by atoms with Gasteiger partial charge in [0.25, 0.3) is 0 Å². The van der Waals surface area contributed by atoms with Crippen molar-refractivity contribution >= 4 is 52.9 Å². The minimum Gasteiger partial charge on any atom is -0.496 e. The van der Waals surface area contributed by atoms with E-state index in [1.54, 1.807) is 25.5 Å². The molecule has 132 valence electrons. The second-order valence-corrected chi connectivity index (χ2v) is 6.57. The van der Waals surface area contributed by atoms with E-state index >= 15 is 0 Å². The summed E-state index contributed by atoms with van der Waals surface area (Å²) in [6.45, 7) is 3.29. The van der Waals surface area contributed by atoms with E-state index in [0.29, 0.717) is 18.1 Å². The first kappa shape index (κ1) is 21.0. The van der Waals surface area contributed by atoms with E-state index in [1.165, 1.54) is 0 Å². The monoisotopic (exact) mass is 480 g/mol. The van der Waals surface area contributed by atoms with Crippen LogP contribution >= 0.6 is 46.9 Å². The van der Waals surface area contributed by atoms with E-state index in [9.17, 15) is 0 Å². The Labute approximate surface area is 169 Å². The van der Waals surface area contributed by atoms with Gasteiger partial charge >= 0.3 is 0 Å². The highest BCUT2D eigenvalue weighted by Crippen LogP contribution is 2.22. The van der Waals surface area contributed by atoms with Gasteiger partial charge in [-0.25, -0.2) is 4.98 Å². The lowest BCUT2D eigenvalue weighted by Gasteiger charge is -2.21. The molecule has 5 nitrogen and oxygen atoms in total. The summed E-state index contributed by atoms with van der Waals surface area (Å²) < 4.78 is 5.36. The van der Waals surface area contributed by atoms with Gasteiger partial charge in [0.1, 0.15) is 5.75 Å². The fraction of sp³-hybridized carbons (Fsp3) is 0.375. The van der Waals surface area contributed by atoms with Crippen molar-refractivity contribution in [2.75, 3.05) is 21.2 Å². The lowest BCUT2D eigenvalue weighted by molar-refractivity contribution is 0.408. The summed E-state index contributed by atoms with van der Waals surface area (Å²) in [6, 6.07) is 5.57. The fourth-order valence-corrected chi connectivity index (χ4v) is 3.04. The average molecular weight is 481 g/mol. The molecule has 8 heteroatoms. The van der Waals surface area contributed by atoms with Crippen LogP contribution in [0.1, 0.15) is 16.3 Å². The molecule has 0 aliphatic rings. The molecular formula is C16H22ClIN4OS. The van der Waals surface area contributed by atoms with Crippen molar-refractivity contribution in [1.82, 2.24) is 15.2 Å². The Bertz CT molecular complexity index is 692. The van der Waals surface area contributed by atoms with Crippen LogP contribution in [0.3, 0.4) is 0 Å². The topological polar surface area (TPSA) is 49.8 Å². The number of hydrogen-bond acceptors (Lipinski definition) is 4. The minimum atomic E-state index is 0. The quantitative estimate of drug-likeness (QED) is 0.400. The lowest BCUT2D eigenvalue weighted by Crippen LogP contribution is -2.38. The van der Waals surface area contributed by atoms with Crippen molar-refractivity contribution in [2.24, 2.45) is 4.99 Å². The number of hydrogen-bond donors (Lipinski definition) is 1. The summed E-state index contributed by atoms with van der Waals surface area (Å²) in [5.41, 5.74) is 2.03. The molecule has 0 spiro atoms. The smallest absolute Gasteiger partial charge is 0.194 e. The van der Waals surface area contributed by atoms with Gasteiger partial charge in [-0.2, -0.15) is 0 Å². The number of nitrogens with zero attached hydrogens (tertiary/aromatic N) is 3. The number of halogens is 2. The first-order chi connectivity index (χ1) is 11.0. The van der Waals surface area contributed by atoms with Crippen molar-refractivity contribution in [3.8, 4) is 5.75 Å². The number of guanidine groups is 1. The Morgan fingerprint density at radius 3 is 2.79 bits per heavy atom. The van der Waals surface area contributed by atoms with Gasteiger partial charge in [0, 0.05) is 36.6 Å². The molecule has 2 aromatic rings. The highest BCUT2D eigenvalue weighted by atomic mass is 127. The third kappa shape index (κ3) is 5.78. The number of aryl methyl sites for hydroxylation is 1. The zero-order chi connectivity index (χ0) is 16.8. The molecular weight excluding hydrogens is 459 g/mol. The highest BCUT2D eigenvalue weighted by molar-refractivity contribution is 14.0. The van der Waals surface area contributed by atoms with Crippen molar-refractivity contribution in [1.29, 1.82) is 0 Å². The number of aromatic nitrogens is 1. The maximum absolute atomic E-state index is 6.06. The Morgan fingerprint density at radius 1 is 1.46 bits per heavy atom. The van der Waals surface area contributed by atoms with E-state index in [0.717, 1.165) is 28.0 Å². The van der Waals surface area contributed by atoms with E-state index in [2.05, 4.69) is 20.7 Å². The molecule has 0 aliphatic heterocycles. The molecule has 24 heavy (non-hydrogen) atoms. The molecule has 0 saturated carbocycles. The Balaban J connectivity index is 0.00000288. The average Bonchev–Trinajstić information content (AvgIpc) is 2.93. The molecule has 2 rings (SSSR count). The van der Waals surface area contributed by atoms with Gasteiger partial charge in [0.15, 0.2) is 5.96 Å². The largest absolute Gasteiger partial charge is 0.496 e.